The van der Waals surface area contributed by atoms with Crippen LogP contribution in [0, 0.1) is 0 Å². The maximum absolute atomic E-state index is 11.6. The zero-order chi connectivity index (χ0) is 15.0. The topological polar surface area (TPSA) is 84.5 Å². The third-order valence-electron chi connectivity index (χ3n) is 2.53. The predicted molar refractivity (Wildman–Crippen MR) is 73.6 cm³/mol. The smallest absolute Gasteiger partial charge is 0.258 e. The van der Waals surface area contributed by atoms with Gasteiger partial charge in [-0.1, -0.05) is 12.1 Å². The first-order valence-corrected chi connectivity index (χ1v) is 6.32. The molecule has 1 aromatic carbocycles. The summed E-state index contributed by atoms with van der Waals surface area (Å²) in [6.45, 7) is 3.63. The van der Waals surface area contributed by atoms with Gasteiger partial charge in [-0.2, -0.15) is 0 Å². The SMILES string of the molecule is CCNC(=O)[C@H](C)NC(=O)COc1ccccc1C=O. The molecule has 0 aliphatic carbocycles. The van der Waals surface area contributed by atoms with E-state index in [2.05, 4.69) is 10.6 Å². The number of para-hydroxylation sites is 1. The predicted octanol–water partition coefficient (Wildman–Crippen LogP) is 0.519. The van der Waals surface area contributed by atoms with Gasteiger partial charge in [-0.05, 0) is 26.0 Å². The molecule has 1 aromatic rings. The van der Waals surface area contributed by atoms with E-state index in [4.69, 9.17) is 4.74 Å². The van der Waals surface area contributed by atoms with Gasteiger partial charge in [0, 0.05) is 6.54 Å². The molecule has 20 heavy (non-hydrogen) atoms. The standard InChI is InChI=1S/C14H18N2O4/c1-3-15-14(19)10(2)16-13(18)9-20-12-7-5-4-6-11(12)8-17/h4-8,10H,3,9H2,1-2H3,(H,15,19)(H,16,18)/t10-/m0/s1. The zero-order valence-electron chi connectivity index (χ0n) is 11.5. The van der Waals surface area contributed by atoms with E-state index in [1.165, 1.54) is 0 Å². The molecule has 0 unspecified atom stereocenters. The lowest BCUT2D eigenvalue weighted by atomic mass is 10.2. The number of amides is 2. The summed E-state index contributed by atoms with van der Waals surface area (Å²) in [6.07, 6.45) is 0.657. The molecule has 2 amide bonds. The Morgan fingerprint density at radius 1 is 1.35 bits per heavy atom. The van der Waals surface area contributed by atoms with Crippen molar-refractivity contribution in [1.29, 1.82) is 0 Å². The van der Waals surface area contributed by atoms with E-state index < -0.39 is 11.9 Å². The molecule has 6 nitrogen and oxygen atoms in total. The Morgan fingerprint density at radius 3 is 2.70 bits per heavy atom. The third-order valence-corrected chi connectivity index (χ3v) is 2.53. The number of benzene rings is 1. The lowest BCUT2D eigenvalue weighted by molar-refractivity contribution is -0.129. The molecular formula is C14H18N2O4. The fourth-order valence-corrected chi connectivity index (χ4v) is 1.53. The molecule has 1 rings (SSSR count). The molecule has 0 aliphatic heterocycles. The molecule has 0 heterocycles. The van der Waals surface area contributed by atoms with Crippen molar-refractivity contribution in [3.05, 3.63) is 29.8 Å². The number of rotatable bonds is 7. The van der Waals surface area contributed by atoms with Crippen molar-refractivity contribution < 1.29 is 19.1 Å². The van der Waals surface area contributed by atoms with Crippen LogP contribution < -0.4 is 15.4 Å². The van der Waals surface area contributed by atoms with Crippen LogP contribution in [0.4, 0.5) is 0 Å². The zero-order valence-corrected chi connectivity index (χ0v) is 11.5. The van der Waals surface area contributed by atoms with E-state index in [1.807, 2.05) is 0 Å². The molecule has 0 saturated carbocycles. The fraction of sp³-hybridized carbons (Fsp3) is 0.357. The molecule has 0 fully saturated rings. The molecule has 0 radical (unpaired) electrons. The summed E-state index contributed by atoms with van der Waals surface area (Å²) < 4.78 is 5.26. The van der Waals surface area contributed by atoms with Gasteiger partial charge in [0.25, 0.3) is 5.91 Å². The molecule has 0 spiro atoms. The van der Waals surface area contributed by atoms with E-state index in [-0.39, 0.29) is 12.5 Å². The van der Waals surface area contributed by atoms with Crippen molar-refractivity contribution in [2.75, 3.05) is 13.2 Å². The first-order valence-electron chi connectivity index (χ1n) is 6.32. The first-order chi connectivity index (χ1) is 9.58. The number of carbonyl (C=O) groups excluding carboxylic acids is 3. The van der Waals surface area contributed by atoms with Crippen LogP contribution in [0.15, 0.2) is 24.3 Å². The summed E-state index contributed by atoms with van der Waals surface area (Å²) in [4.78, 5) is 33.8. The Kier molecular flexibility index (Phi) is 6.22. The Hall–Kier alpha value is -2.37. The van der Waals surface area contributed by atoms with Crippen LogP contribution in [-0.2, 0) is 9.59 Å². The van der Waals surface area contributed by atoms with Crippen molar-refractivity contribution in [3.63, 3.8) is 0 Å². The lowest BCUT2D eigenvalue weighted by Crippen LogP contribution is -2.46. The van der Waals surface area contributed by atoms with Gasteiger partial charge in [-0.25, -0.2) is 0 Å². The minimum atomic E-state index is -0.632. The number of nitrogens with one attached hydrogen (secondary N) is 2. The number of aldehydes is 1. The molecular weight excluding hydrogens is 260 g/mol. The van der Waals surface area contributed by atoms with Gasteiger partial charge in [-0.3, -0.25) is 14.4 Å². The quantitative estimate of drug-likeness (QED) is 0.712. The van der Waals surface area contributed by atoms with Gasteiger partial charge < -0.3 is 15.4 Å². The van der Waals surface area contributed by atoms with Crippen LogP contribution >= 0.6 is 0 Å². The molecule has 1 atom stereocenters. The minimum Gasteiger partial charge on any atom is -0.483 e. The van der Waals surface area contributed by atoms with E-state index in [9.17, 15) is 14.4 Å². The van der Waals surface area contributed by atoms with E-state index >= 15 is 0 Å². The van der Waals surface area contributed by atoms with E-state index in [0.29, 0.717) is 24.1 Å². The average Bonchev–Trinajstić information content (AvgIpc) is 2.45. The van der Waals surface area contributed by atoms with Crippen LogP contribution in [0.3, 0.4) is 0 Å². The summed E-state index contributed by atoms with van der Waals surface area (Å²) in [5.74, 6) is -0.345. The normalized spacial score (nSPS) is 11.3. The Bertz CT molecular complexity index is 488. The second-order valence-electron chi connectivity index (χ2n) is 4.13. The monoisotopic (exact) mass is 278 g/mol. The number of hydrogen-bond acceptors (Lipinski definition) is 4. The highest BCUT2D eigenvalue weighted by Crippen LogP contribution is 2.15. The van der Waals surface area contributed by atoms with Crippen molar-refractivity contribution in [2.45, 2.75) is 19.9 Å². The third kappa shape index (κ3) is 4.72. The maximum Gasteiger partial charge on any atom is 0.258 e. The van der Waals surface area contributed by atoms with Crippen LogP contribution in [0.2, 0.25) is 0 Å². The van der Waals surface area contributed by atoms with E-state index in [1.54, 1.807) is 38.1 Å². The van der Waals surface area contributed by atoms with Crippen LogP contribution in [0.25, 0.3) is 0 Å². The largest absolute Gasteiger partial charge is 0.483 e. The van der Waals surface area contributed by atoms with Gasteiger partial charge in [0.05, 0.1) is 5.56 Å². The number of ether oxygens (including phenoxy) is 1. The van der Waals surface area contributed by atoms with Crippen molar-refractivity contribution in [1.82, 2.24) is 10.6 Å². The van der Waals surface area contributed by atoms with Crippen LogP contribution in [0.5, 0.6) is 5.75 Å². The Morgan fingerprint density at radius 2 is 2.05 bits per heavy atom. The van der Waals surface area contributed by atoms with Gasteiger partial charge in [0.15, 0.2) is 12.9 Å². The van der Waals surface area contributed by atoms with Crippen LogP contribution in [0.1, 0.15) is 24.2 Å². The first kappa shape index (κ1) is 15.7. The Balaban J connectivity index is 2.47. The molecule has 6 heteroatoms. The molecule has 0 aliphatic rings. The molecule has 108 valence electrons. The molecule has 2 N–H and O–H groups in total. The van der Waals surface area contributed by atoms with Crippen molar-refractivity contribution in [2.24, 2.45) is 0 Å². The van der Waals surface area contributed by atoms with E-state index in [0.717, 1.165) is 0 Å². The van der Waals surface area contributed by atoms with Gasteiger partial charge in [-0.15, -0.1) is 0 Å². The minimum absolute atomic E-state index is 0.255. The summed E-state index contributed by atoms with van der Waals surface area (Å²) in [5.41, 5.74) is 0.372. The molecule has 0 saturated heterocycles. The maximum atomic E-state index is 11.6. The lowest BCUT2D eigenvalue weighted by Gasteiger charge is -2.14. The average molecular weight is 278 g/mol. The van der Waals surface area contributed by atoms with Gasteiger partial charge >= 0.3 is 0 Å². The summed E-state index contributed by atoms with van der Waals surface area (Å²) in [6, 6.07) is 5.97. The summed E-state index contributed by atoms with van der Waals surface area (Å²) in [7, 11) is 0. The van der Waals surface area contributed by atoms with Gasteiger partial charge in [0.2, 0.25) is 5.91 Å². The Labute approximate surface area is 117 Å². The second kappa shape index (κ2) is 7.93. The summed E-state index contributed by atoms with van der Waals surface area (Å²) >= 11 is 0. The van der Waals surface area contributed by atoms with Crippen molar-refractivity contribution in [3.8, 4) is 5.75 Å². The molecule has 0 bridgehead atoms. The summed E-state index contributed by atoms with van der Waals surface area (Å²) in [5, 5.41) is 5.11. The highest BCUT2D eigenvalue weighted by molar-refractivity contribution is 5.88. The number of likely N-dealkylation sites (N-methyl/N-ethyl adjacent to an activating group) is 1. The van der Waals surface area contributed by atoms with Crippen molar-refractivity contribution >= 4 is 18.1 Å². The van der Waals surface area contributed by atoms with Crippen LogP contribution in [-0.4, -0.2) is 37.3 Å². The van der Waals surface area contributed by atoms with Gasteiger partial charge in [0.1, 0.15) is 11.8 Å². The molecule has 0 aromatic heterocycles. The highest BCUT2D eigenvalue weighted by Gasteiger charge is 2.15. The highest BCUT2D eigenvalue weighted by atomic mass is 16.5. The fourth-order valence-electron chi connectivity index (χ4n) is 1.53. The number of hydrogen-bond donors (Lipinski definition) is 2. The number of carbonyl (C=O) groups is 3. The second-order valence-corrected chi connectivity index (χ2v) is 4.13.